The van der Waals surface area contributed by atoms with E-state index in [1.54, 1.807) is 0 Å². The third kappa shape index (κ3) is 2.79. The molecule has 1 aliphatic rings. The van der Waals surface area contributed by atoms with Crippen LogP contribution < -0.4 is 10.1 Å². The number of carbonyl (C=O) groups excluding carboxylic acids is 1. The highest BCUT2D eigenvalue weighted by molar-refractivity contribution is 6.33. The van der Waals surface area contributed by atoms with Gasteiger partial charge in [0.2, 0.25) is 0 Å². The second kappa shape index (κ2) is 5.97. The number of rotatable bonds is 2. The summed E-state index contributed by atoms with van der Waals surface area (Å²) < 4.78 is 19.4. The second-order valence-electron chi connectivity index (χ2n) is 5.30. The lowest BCUT2D eigenvalue weighted by atomic mass is 9.98. The summed E-state index contributed by atoms with van der Waals surface area (Å²) in [5.74, 6) is -0.384. The summed E-state index contributed by atoms with van der Waals surface area (Å²) in [4.78, 5) is 12.4. The number of fused-ring (bicyclic) bond motifs is 1. The highest BCUT2D eigenvalue weighted by Crippen LogP contribution is 2.33. The number of aryl methyl sites for hydroxylation is 1. The molecule has 5 heteroatoms. The molecule has 0 aromatic heterocycles. The first-order valence-corrected chi connectivity index (χ1v) is 7.42. The van der Waals surface area contributed by atoms with Crippen molar-refractivity contribution in [2.45, 2.75) is 19.4 Å². The number of halogens is 2. The van der Waals surface area contributed by atoms with Crippen LogP contribution >= 0.6 is 11.6 Å². The second-order valence-corrected chi connectivity index (χ2v) is 5.71. The van der Waals surface area contributed by atoms with Crippen LogP contribution in [-0.4, -0.2) is 12.5 Å². The van der Waals surface area contributed by atoms with Gasteiger partial charge in [-0.3, -0.25) is 4.79 Å². The molecule has 0 radical (unpaired) electrons. The first-order chi connectivity index (χ1) is 10.6. The van der Waals surface area contributed by atoms with Crippen molar-refractivity contribution in [3.63, 3.8) is 0 Å². The lowest BCUT2D eigenvalue weighted by Gasteiger charge is -2.27. The Balaban J connectivity index is 1.89. The number of amides is 1. The highest BCUT2D eigenvalue weighted by atomic mass is 35.5. The molecule has 3 nitrogen and oxygen atoms in total. The van der Waals surface area contributed by atoms with Gasteiger partial charge >= 0.3 is 0 Å². The van der Waals surface area contributed by atoms with Crippen molar-refractivity contribution in [1.82, 2.24) is 5.32 Å². The molecular weight excluding hydrogens is 305 g/mol. The predicted octanol–water partition coefficient (Wildman–Crippen LogP) is 4.04. The average Bonchev–Trinajstić information content (AvgIpc) is 2.47. The van der Waals surface area contributed by atoms with E-state index in [1.807, 2.05) is 25.1 Å². The molecule has 0 aliphatic carbocycles. The fraction of sp³-hybridized carbons (Fsp3) is 0.235. The van der Waals surface area contributed by atoms with E-state index < -0.39 is 11.7 Å². The number of hydrogen-bond acceptors (Lipinski definition) is 2. The molecule has 114 valence electrons. The Morgan fingerprint density at radius 1 is 1.36 bits per heavy atom. The molecule has 1 amide bonds. The molecule has 22 heavy (non-hydrogen) atoms. The molecule has 1 heterocycles. The van der Waals surface area contributed by atoms with E-state index in [0.717, 1.165) is 16.9 Å². The van der Waals surface area contributed by atoms with Gasteiger partial charge in [-0.2, -0.15) is 0 Å². The van der Waals surface area contributed by atoms with E-state index in [1.165, 1.54) is 18.2 Å². The first-order valence-electron chi connectivity index (χ1n) is 7.04. The Hall–Kier alpha value is -2.07. The molecule has 2 aromatic rings. The molecule has 0 saturated carbocycles. The van der Waals surface area contributed by atoms with Crippen molar-refractivity contribution in [3.8, 4) is 5.75 Å². The van der Waals surface area contributed by atoms with E-state index in [-0.39, 0.29) is 16.6 Å². The van der Waals surface area contributed by atoms with Crippen LogP contribution in [0.3, 0.4) is 0 Å². The summed E-state index contributed by atoms with van der Waals surface area (Å²) in [6, 6.07) is 9.80. The maximum absolute atomic E-state index is 13.8. The van der Waals surface area contributed by atoms with Gasteiger partial charge in [-0.1, -0.05) is 35.4 Å². The van der Waals surface area contributed by atoms with Crippen molar-refractivity contribution < 1.29 is 13.9 Å². The van der Waals surface area contributed by atoms with Gasteiger partial charge in [0.1, 0.15) is 11.6 Å². The van der Waals surface area contributed by atoms with Crippen LogP contribution in [0.25, 0.3) is 0 Å². The minimum atomic E-state index is -0.624. The maximum Gasteiger partial charge on any atom is 0.256 e. The largest absolute Gasteiger partial charge is 0.493 e. The van der Waals surface area contributed by atoms with E-state index in [9.17, 15) is 9.18 Å². The minimum absolute atomic E-state index is 0.106. The van der Waals surface area contributed by atoms with E-state index in [0.29, 0.717) is 13.0 Å². The Morgan fingerprint density at radius 2 is 2.18 bits per heavy atom. The summed E-state index contributed by atoms with van der Waals surface area (Å²) in [7, 11) is 0. The zero-order valence-corrected chi connectivity index (χ0v) is 12.8. The number of benzene rings is 2. The van der Waals surface area contributed by atoms with Crippen LogP contribution in [0.5, 0.6) is 5.75 Å². The average molecular weight is 320 g/mol. The first kappa shape index (κ1) is 14.9. The van der Waals surface area contributed by atoms with Crippen LogP contribution in [0, 0.1) is 12.7 Å². The predicted molar refractivity (Wildman–Crippen MR) is 82.9 cm³/mol. The molecule has 1 atom stereocenters. The smallest absolute Gasteiger partial charge is 0.256 e. The van der Waals surface area contributed by atoms with Gasteiger partial charge in [0, 0.05) is 12.0 Å². The molecule has 0 fully saturated rings. The molecule has 0 bridgehead atoms. The van der Waals surface area contributed by atoms with Crippen LogP contribution in [0.1, 0.15) is 33.9 Å². The Kier molecular flexibility index (Phi) is 4.03. The van der Waals surface area contributed by atoms with E-state index in [2.05, 4.69) is 5.32 Å². The Labute approximate surface area is 133 Å². The molecular formula is C17H15ClFNO2. The van der Waals surface area contributed by atoms with Crippen molar-refractivity contribution in [3.05, 3.63) is 63.9 Å². The summed E-state index contributed by atoms with van der Waals surface area (Å²) in [5, 5.41) is 2.96. The number of ether oxygens (including phenoxy) is 1. The topological polar surface area (TPSA) is 38.3 Å². The fourth-order valence-electron chi connectivity index (χ4n) is 2.61. The van der Waals surface area contributed by atoms with Crippen LogP contribution in [0.4, 0.5) is 4.39 Å². The lowest BCUT2D eigenvalue weighted by molar-refractivity contribution is 0.0921. The Morgan fingerprint density at radius 3 is 2.95 bits per heavy atom. The lowest BCUT2D eigenvalue weighted by Crippen LogP contribution is -2.32. The van der Waals surface area contributed by atoms with Gasteiger partial charge in [0.15, 0.2) is 0 Å². The van der Waals surface area contributed by atoms with Crippen LogP contribution in [0.15, 0.2) is 36.4 Å². The van der Waals surface area contributed by atoms with Gasteiger partial charge < -0.3 is 10.1 Å². The van der Waals surface area contributed by atoms with E-state index in [4.69, 9.17) is 16.3 Å². The molecule has 0 saturated heterocycles. The fourth-order valence-corrected chi connectivity index (χ4v) is 2.86. The van der Waals surface area contributed by atoms with Gasteiger partial charge in [0.25, 0.3) is 5.91 Å². The molecule has 1 N–H and O–H groups in total. The monoisotopic (exact) mass is 319 g/mol. The Bertz CT molecular complexity index is 712. The zero-order valence-electron chi connectivity index (χ0n) is 12.0. The van der Waals surface area contributed by atoms with Crippen LogP contribution in [0.2, 0.25) is 5.02 Å². The highest BCUT2D eigenvalue weighted by Gasteiger charge is 2.25. The van der Waals surface area contributed by atoms with Gasteiger partial charge in [-0.05, 0) is 25.1 Å². The van der Waals surface area contributed by atoms with Crippen molar-refractivity contribution in [2.75, 3.05) is 6.61 Å². The van der Waals surface area contributed by atoms with Crippen molar-refractivity contribution >= 4 is 17.5 Å². The normalized spacial score (nSPS) is 16.6. The third-order valence-corrected chi connectivity index (χ3v) is 4.01. The van der Waals surface area contributed by atoms with Crippen molar-refractivity contribution in [1.29, 1.82) is 0 Å². The quantitative estimate of drug-likeness (QED) is 0.907. The van der Waals surface area contributed by atoms with Crippen molar-refractivity contribution in [2.24, 2.45) is 0 Å². The third-order valence-electron chi connectivity index (χ3n) is 3.70. The number of hydrogen-bond donors (Lipinski definition) is 1. The molecule has 0 spiro atoms. The standard InChI is InChI=1S/C17H15ClFNO2/c1-10-5-6-15-11(9-10)14(7-8-22-15)20-17(21)16-12(18)3-2-4-13(16)19/h2-6,9,14H,7-8H2,1H3,(H,20,21). The molecule has 1 unspecified atom stereocenters. The summed E-state index contributed by atoms with van der Waals surface area (Å²) in [5.41, 5.74) is 1.87. The maximum atomic E-state index is 13.8. The molecule has 3 rings (SSSR count). The molecule has 1 aliphatic heterocycles. The summed E-state index contributed by atoms with van der Waals surface area (Å²) in [6.45, 7) is 2.48. The van der Waals surface area contributed by atoms with E-state index >= 15 is 0 Å². The molecule has 2 aromatic carbocycles. The van der Waals surface area contributed by atoms with Crippen LogP contribution in [-0.2, 0) is 0 Å². The minimum Gasteiger partial charge on any atom is -0.493 e. The summed E-state index contributed by atoms with van der Waals surface area (Å²) in [6.07, 6.45) is 0.633. The van der Waals surface area contributed by atoms with Gasteiger partial charge in [-0.25, -0.2) is 4.39 Å². The van der Waals surface area contributed by atoms with Gasteiger partial charge in [0.05, 0.1) is 23.2 Å². The van der Waals surface area contributed by atoms with Gasteiger partial charge in [-0.15, -0.1) is 0 Å². The number of nitrogens with one attached hydrogen (secondary N) is 1. The summed E-state index contributed by atoms with van der Waals surface area (Å²) >= 11 is 5.94. The number of carbonyl (C=O) groups is 1. The zero-order chi connectivity index (χ0) is 15.7. The SMILES string of the molecule is Cc1ccc2c(c1)C(NC(=O)c1c(F)cccc1Cl)CCO2.